The van der Waals surface area contributed by atoms with Gasteiger partial charge in [0.1, 0.15) is 0 Å². The van der Waals surface area contributed by atoms with Crippen molar-refractivity contribution in [2.75, 3.05) is 5.32 Å². The van der Waals surface area contributed by atoms with Crippen molar-refractivity contribution in [3.63, 3.8) is 0 Å². The number of carbonyl (C=O) groups is 1. The van der Waals surface area contributed by atoms with Crippen LogP contribution in [0.2, 0.25) is 0 Å². The molecule has 0 radical (unpaired) electrons. The van der Waals surface area contributed by atoms with Crippen molar-refractivity contribution in [3.8, 4) is 0 Å². The summed E-state index contributed by atoms with van der Waals surface area (Å²) in [6.07, 6.45) is 1.75. The van der Waals surface area contributed by atoms with Crippen LogP contribution in [-0.2, 0) is 7.05 Å². The summed E-state index contributed by atoms with van der Waals surface area (Å²) in [6, 6.07) is 7.64. The van der Waals surface area contributed by atoms with Crippen molar-refractivity contribution in [3.05, 3.63) is 47.3 Å². The third-order valence-corrected chi connectivity index (χ3v) is 2.43. The maximum absolute atomic E-state index is 11.9. The minimum Gasteiger partial charge on any atom is -0.321 e. The molecule has 0 saturated carbocycles. The number of aryl methyl sites for hydroxylation is 3. The third-order valence-electron chi connectivity index (χ3n) is 2.43. The van der Waals surface area contributed by atoms with Gasteiger partial charge in [0.05, 0.1) is 0 Å². The van der Waals surface area contributed by atoms with Crippen molar-refractivity contribution in [2.45, 2.75) is 13.8 Å². The Bertz CT molecular complexity index is 537. The lowest BCUT2D eigenvalue weighted by atomic mass is 10.1. The van der Waals surface area contributed by atoms with Gasteiger partial charge in [-0.05, 0) is 43.2 Å². The monoisotopic (exact) mass is 229 g/mol. The molecule has 0 spiro atoms. The fraction of sp³-hybridized carbons (Fsp3) is 0.231. The average Bonchev–Trinajstić information content (AvgIpc) is 2.63. The van der Waals surface area contributed by atoms with Crippen LogP contribution in [0.1, 0.15) is 21.6 Å². The van der Waals surface area contributed by atoms with E-state index in [2.05, 4.69) is 16.5 Å². The number of carbonyl (C=O) groups excluding carboxylic acids is 1. The molecule has 0 aliphatic rings. The van der Waals surface area contributed by atoms with Crippen molar-refractivity contribution in [1.29, 1.82) is 0 Å². The van der Waals surface area contributed by atoms with E-state index in [4.69, 9.17) is 0 Å². The van der Waals surface area contributed by atoms with E-state index in [1.807, 2.05) is 26.0 Å². The fourth-order valence-corrected chi connectivity index (χ4v) is 1.78. The molecule has 0 aliphatic heterocycles. The lowest BCUT2D eigenvalue weighted by Crippen LogP contribution is -2.13. The second-order valence-corrected chi connectivity index (χ2v) is 4.21. The Morgan fingerprint density at radius 3 is 2.41 bits per heavy atom. The lowest BCUT2D eigenvalue weighted by Gasteiger charge is -2.05. The maximum Gasteiger partial charge on any atom is 0.276 e. The van der Waals surface area contributed by atoms with E-state index >= 15 is 0 Å². The SMILES string of the molecule is Cc1cc(C)cc(NC(=O)c2ccn(C)n2)c1. The first kappa shape index (κ1) is 11.4. The molecule has 4 nitrogen and oxygen atoms in total. The standard InChI is InChI=1S/C13H15N3O/c1-9-6-10(2)8-11(7-9)14-13(17)12-4-5-16(3)15-12/h4-8H,1-3H3,(H,14,17). The molecule has 1 aromatic heterocycles. The summed E-state index contributed by atoms with van der Waals surface area (Å²) in [5.74, 6) is -0.185. The number of nitrogens with one attached hydrogen (secondary N) is 1. The molecule has 17 heavy (non-hydrogen) atoms. The lowest BCUT2D eigenvalue weighted by molar-refractivity contribution is 0.102. The van der Waals surface area contributed by atoms with Crippen LogP contribution in [0, 0.1) is 13.8 Å². The molecule has 0 fully saturated rings. The highest BCUT2D eigenvalue weighted by molar-refractivity contribution is 6.02. The van der Waals surface area contributed by atoms with Gasteiger partial charge >= 0.3 is 0 Å². The first-order valence-electron chi connectivity index (χ1n) is 5.44. The van der Waals surface area contributed by atoms with Crippen LogP contribution in [0.15, 0.2) is 30.5 Å². The Morgan fingerprint density at radius 1 is 1.24 bits per heavy atom. The highest BCUT2D eigenvalue weighted by atomic mass is 16.1. The Morgan fingerprint density at radius 2 is 1.88 bits per heavy atom. The molecular weight excluding hydrogens is 214 g/mol. The van der Waals surface area contributed by atoms with Crippen LogP contribution in [0.5, 0.6) is 0 Å². The van der Waals surface area contributed by atoms with Crippen LogP contribution in [0.25, 0.3) is 0 Å². The molecule has 1 aromatic carbocycles. The average molecular weight is 229 g/mol. The maximum atomic E-state index is 11.9. The van der Waals surface area contributed by atoms with Gasteiger partial charge in [0, 0.05) is 18.9 Å². The molecular formula is C13H15N3O. The molecule has 88 valence electrons. The molecule has 1 N–H and O–H groups in total. The second kappa shape index (κ2) is 4.41. The van der Waals surface area contributed by atoms with Gasteiger partial charge in [-0.1, -0.05) is 6.07 Å². The predicted octanol–water partition coefficient (Wildman–Crippen LogP) is 2.29. The van der Waals surface area contributed by atoms with Gasteiger partial charge in [-0.2, -0.15) is 5.10 Å². The van der Waals surface area contributed by atoms with Gasteiger partial charge < -0.3 is 5.32 Å². The summed E-state index contributed by atoms with van der Waals surface area (Å²) >= 11 is 0. The molecule has 0 bridgehead atoms. The van der Waals surface area contributed by atoms with E-state index < -0.39 is 0 Å². The molecule has 2 rings (SSSR count). The topological polar surface area (TPSA) is 46.9 Å². The molecule has 4 heteroatoms. The van der Waals surface area contributed by atoms with Crippen LogP contribution in [-0.4, -0.2) is 15.7 Å². The molecule has 0 atom stereocenters. The van der Waals surface area contributed by atoms with Gasteiger partial charge in [-0.25, -0.2) is 0 Å². The number of aromatic nitrogens is 2. The van der Waals surface area contributed by atoms with Crippen LogP contribution in [0.3, 0.4) is 0 Å². The number of nitrogens with zero attached hydrogens (tertiary/aromatic N) is 2. The molecule has 1 amide bonds. The third kappa shape index (κ3) is 2.72. The first-order chi connectivity index (χ1) is 8.04. The fourth-order valence-electron chi connectivity index (χ4n) is 1.78. The first-order valence-corrected chi connectivity index (χ1v) is 5.44. The van der Waals surface area contributed by atoms with E-state index in [1.54, 1.807) is 24.0 Å². The van der Waals surface area contributed by atoms with E-state index in [9.17, 15) is 4.79 Å². The number of hydrogen-bond donors (Lipinski definition) is 1. The number of amides is 1. The highest BCUT2D eigenvalue weighted by Crippen LogP contribution is 2.14. The van der Waals surface area contributed by atoms with Crippen LogP contribution in [0.4, 0.5) is 5.69 Å². The quantitative estimate of drug-likeness (QED) is 0.858. The second-order valence-electron chi connectivity index (χ2n) is 4.21. The Hall–Kier alpha value is -2.10. The van der Waals surface area contributed by atoms with Crippen LogP contribution >= 0.6 is 0 Å². The normalized spacial score (nSPS) is 10.3. The molecule has 1 heterocycles. The van der Waals surface area contributed by atoms with Crippen LogP contribution < -0.4 is 5.32 Å². The summed E-state index contributed by atoms with van der Waals surface area (Å²) in [5, 5.41) is 6.89. The van der Waals surface area contributed by atoms with Gasteiger partial charge in [-0.3, -0.25) is 9.48 Å². The number of rotatable bonds is 2. The number of hydrogen-bond acceptors (Lipinski definition) is 2. The van der Waals surface area contributed by atoms with Crippen molar-refractivity contribution in [1.82, 2.24) is 9.78 Å². The van der Waals surface area contributed by atoms with Crippen molar-refractivity contribution >= 4 is 11.6 Å². The minimum absolute atomic E-state index is 0.185. The summed E-state index contributed by atoms with van der Waals surface area (Å²) in [5.41, 5.74) is 3.48. The zero-order valence-electron chi connectivity index (χ0n) is 10.2. The largest absolute Gasteiger partial charge is 0.321 e. The molecule has 0 saturated heterocycles. The van der Waals surface area contributed by atoms with E-state index in [0.29, 0.717) is 5.69 Å². The summed E-state index contributed by atoms with van der Waals surface area (Å²) in [6.45, 7) is 4.01. The predicted molar refractivity (Wildman–Crippen MR) is 67.1 cm³/mol. The number of anilines is 1. The number of benzene rings is 1. The zero-order chi connectivity index (χ0) is 12.4. The highest BCUT2D eigenvalue weighted by Gasteiger charge is 2.09. The molecule has 0 unspecified atom stereocenters. The molecule has 2 aromatic rings. The van der Waals surface area contributed by atoms with Gasteiger partial charge in [0.2, 0.25) is 0 Å². The summed E-state index contributed by atoms with van der Waals surface area (Å²) in [7, 11) is 1.79. The Kier molecular flexibility index (Phi) is 2.95. The smallest absolute Gasteiger partial charge is 0.276 e. The van der Waals surface area contributed by atoms with Gasteiger partial charge in [0.25, 0.3) is 5.91 Å². The Labute approximate surface area is 100 Å². The summed E-state index contributed by atoms with van der Waals surface area (Å²) < 4.78 is 1.61. The van der Waals surface area contributed by atoms with Crippen molar-refractivity contribution in [2.24, 2.45) is 7.05 Å². The van der Waals surface area contributed by atoms with E-state index in [0.717, 1.165) is 16.8 Å². The van der Waals surface area contributed by atoms with Gasteiger partial charge in [-0.15, -0.1) is 0 Å². The molecule has 0 aliphatic carbocycles. The summed E-state index contributed by atoms with van der Waals surface area (Å²) in [4.78, 5) is 11.9. The van der Waals surface area contributed by atoms with E-state index in [1.165, 1.54) is 0 Å². The van der Waals surface area contributed by atoms with E-state index in [-0.39, 0.29) is 5.91 Å². The zero-order valence-corrected chi connectivity index (χ0v) is 10.2. The van der Waals surface area contributed by atoms with Gasteiger partial charge in [0.15, 0.2) is 5.69 Å². The van der Waals surface area contributed by atoms with Crippen molar-refractivity contribution < 1.29 is 4.79 Å². The minimum atomic E-state index is -0.185. The Balaban J connectivity index is 2.18.